The van der Waals surface area contributed by atoms with Gasteiger partial charge in [0.2, 0.25) is 0 Å². The van der Waals surface area contributed by atoms with Gasteiger partial charge in [-0.2, -0.15) is 0 Å². The number of benzene rings is 2. The van der Waals surface area contributed by atoms with Crippen LogP contribution in [-0.4, -0.2) is 0 Å². The van der Waals surface area contributed by atoms with Crippen LogP contribution in [0, 0.1) is 23.4 Å². The number of hydrogen-bond acceptors (Lipinski definition) is 0. The Labute approximate surface area is 153 Å². The summed E-state index contributed by atoms with van der Waals surface area (Å²) in [5.41, 5.74) is 1.51. The third kappa shape index (κ3) is 4.26. The van der Waals surface area contributed by atoms with Gasteiger partial charge in [0.15, 0.2) is 17.5 Å². The summed E-state index contributed by atoms with van der Waals surface area (Å²) in [6.07, 6.45) is -0.511. The van der Waals surface area contributed by atoms with E-state index < -0.39 is 36.1 Å². The van der Waals surface area contributed by atoms with Gasteiger partial charge in [-0.05, 0) is 66.2 Å². The summed E-state index contributed by atoms with van der Waals surface area (Å²) >= 11 is 0. The summed E-state index contributed by atoms with van der Waals surface area (Å²) in [4.78, 5) is 0. The van der Waals surface area contributed by atoms with Gasteiger partial charge in [-0.1, -0.05) is 50.5 Å². The number of halogens is 3. The molecule has 0 bridgehead atoms. The van der Waals surface area contributed by atoms with Gasteiger partial charge in [-0.3, -0.25) is 0 Å². The first-order valence-electron chi connectivity index (χ1n) is 10.8. The van der Waals surface area contributed by atoms with Crippen molar-refractivity contribution in [3.63, 3.8) is 0 Å². The van der Waals surface area contributed by atoms with Crippen molar-refractivity contribution in [3.05, 3.63) is 59.4 Å². The first-order valence-corrected chi connectivity index (χ1v) is 8.80. The van der Waals surface area contributed by atoms with Crippen LogP contribution in [0.25, 0.3) is 11.1 Å². The van der Waals surface area contributed by atoms with Crippen LogP contribution < -0.4 is 0 Å². The molecule has 134 valence electrons. The molecular formula is C22H25F3. The fourth-order valence-electron chi connectivity index (χ4n) is 3.23. The molecule has 2 aromatic rings. The topological polar surface area (TPSA) is 0 Å². The van der Waals surface area contributed by atoms with Gasteiger partial charge < -0.3 is 0 Å². The minimum absolute atomic E-state index is 0.210. The molecule has 0 unspecified atom stereocenters. The average Bonchev–Trinajstić information content (AvgIpc) is 2.64. The fourth-order valence-corrected chi connectivity index (χ4v) is 3.23. The highest BCUT2D eigenvalue weighted by atomic mass is 19.2. The largest absolute Gasteiger partial charge is 0.204 e. The molecule has 0 amide bonds. The third-order valence-electron chi connectivity index (χ3n) is 4.77. The molecule has 0 nitrogen and oxygen atoms in total. The summed E-state index contributed by atoms with van der Waals surface area (Å²) < 4.78 is 73.9. The Morgan fingerprint density at radius 2 is 1.56 bits per heavy atom. The van der Waals surface area contributed by atoms with Gasteiger partial charge in [-0.15, -0.1) is 0 Å². The van der Waals surface area contributed by atoms with Crippen molar-refractivity contribution in [2.24, 2.45) is 5.92 Å². The summed E-state index contributed by atoms with van der Waals surface area (Å²) in [7, 11) is 0. The zero-order valence-corrected chi connectivity index (χ0v) is 14.3. The van der Waals surface area contributed by atoms with E-state index in [-0.39, 0.29) is 24.3 Å². The van der Waals surface area contributed by atoms with Crippen molar-refractivity contribution in [3.8, 4) is 11.1 Å². The van der Waals surface area contributed by atoms with Crippen LogP contribution in [0.3, 0.4) is 0 Å². The summed E-state index contributed by atoms with van der Waals surface area (Å²) in [5, 5.41) is 0. The lowest BCUT2D eigenvalue weighted by Crippen LogP contribution is -2.13. The van der Waals surface area contributed by atoms with E-state index in [1.165, 1.54) is 0 Å². The van der Waals surface area contributed by atoms with Crippen molar-refractivity contribution in [1.82, 2.24) is 0 Å². The monoisotopic (exact) mass is 350 g/mol. The molecule has 1 fully saturated rings. The maximum atomic E-state index is 13.5. The molecule has 25 heavy (non-hydrogen) atoms. The molecule has 0 spiro atoms. The van der Waals surface area contributed by atoms with Gasteiger partial charge in [0.25, 0.3) is 0 Å². The molecule has 1 aliphatic rings. The molecule has 2 aromatic carbocycles. The van der Waals surface area contributed by atoms with Crippen LogP contribution in [0.15, 0.2) is 36.4 Å². The number of hydrogen-bond donors (Lipinski definition) is 0. The first kappa shape index (κ1) is 13.4. The van der Waals surface area contributed by atoms with E-state index in [1.54, 1.807) is 24.3 Å². The molecule has 0 aromatic heterocycles. The van der Waals surface area contributed by atoms with Crippen LogP contribution in [0.2, 0.25) is 0 Å². The minimum Gasteiger partial charge on any atom is -0.204 e. The molecule has 3 heteroatoms. The SMILES string of the molecule is [2H]C1([2H])CC(c2ccc(-c3cc(F)c(F)c(F)c3)cc2)CC([2H])([2H])C1CCCC. The highest BCUT2D eigenvalue weighted by molar-refractivity contribution is 5.64. The quantitative estimate of drug-likeness (QED) is 0.499. The second-order valence-electron chi connectivity index (χ2n) is 6.58. The van der Waals surface area contributed by atoms with Crippen molar-refractivity contribution in [1.29, 1.82) is 0 Å². The van der Waals surface area contributed by atoms with Gasteiger partial charge in [0.05, 0.1) is 0 Å². The molecule has 1 aliphatic carbocycles. The van der Waals surface area contributed by atoms with E-state index in [1.807, 2.05) is 6.92 Å². The number of rotatable bonds is 5. The normalized spacial score (nSPS) is 27.0. The maximum Gasteiger partial charge on any atom is 0.194 e. The average molecular weight is 350 g/mol. The summed E-state index contributed by atoms with van der Waals surface area (Å²) in [6.45, 7) is 2.01. The van der Waals surface area contributed by atoms with E-state index in [9.17, 15) is 13.2 Å². The lowest BCUT2D eigenvalue weighted by atomic mass is 9.77. The molecule has 0 atom stereocenters. The van der Waals surface area contributed by atoms with Crippen LogP contribution in [0.4, 0.5) is 13.2 Å². The van der Waals surface area contributed by atoms with Crippen LogP contribution in [-0.2, 0) is 0 Å². The predicted octanol–water partition coefficient (Wildman–Crippen LogP) is 7.23. The molecule has 1 saturated carbocycles. The van der Waals surface area contributed by atoms with Crippen LogP contribution >= 0.6 is 0 Å². The lowest BCUT2D eigenvalue weighted by Gasteiger charge is -2.29. The molecule has 0 saturated heterocycles. The molecule has 0 N–H and O–H groups in total. The Morgan fingerprint density at radius 1 is 0.960 bits per heavy atom. The molecule has 0 radical (unpaired) electrons. The zero-order chi connectivity index (χ0) is 21.4. The van der Waals surface area contributed by atoms with Crippen molar-refractivity contribution >= 4 is 0 Å². The fraction of sp³-hybridized carbons (Fsp3) is 0.455. The summed E-state index contributed by atoms with van der Waals surface area (Å²) in [6, 6.07) is 8.63. The maximum absolute atomic E-state index is 13.5. The molecule has 0 aliphatic heterocycles. The van der Waals surface area contributed by atoms with Crippen molar-refractivity contribution in [2.75, 3.05) is 0 Å². The second-order valence-corrected chi connectivity index (χ2v) is 6.58. The van der Waals surface area contributed by atoms with Crippen molar-refractivity contribution < 1.29 is 18.7 Å². The Morgan fingerprint density at radius 3 is 2.12 bits per heavy atom. The Balaban J connectivity index is 1.83. The highest BCUT2D eigenvalue weighted by Crippen LogP contribution is 2.38. The van der Waals surface area contributed by atoms with E-state index in [0.29, 0.717) is 12.0 Å². The highest BCUT2D eigenvalue weighted by Gasteiger charge is 2.22. The standard InChI is InChI=1S/C22H25F3/c1-2-3-4-15-5-7-16(8-6-15)17-9-11-18(12-10-17)19-13-20(23)22(25)21(24)14-19/h9-16H,2-8H2,1H3/i5D2,6D2. The molecule has 0 heterocycles. The Bertz CT molecular complexity index is 824. The van der Waals surface area contributed by atoms with Gasteiger partial charge >= 0.3 is 0 Å². The molecule has 3 rings (SSSR count). The third-order valence-corrected chi connectivity index (χ3v) is 4.77. The smallest absolute Gasteiger partial charge is 0.194 e. The van der Waals surface area contributed by atoms with Crippen LogP contribution in [0.1, 0.15) is 68.7 Å². The van der Waals surface area contributed by atoms with E-state index in [0.717, 1.165) is 30.5 Å². The van der Waals surface area contributed by atoms with Crippen molar-refractivity contribution in [2.45, 2.75) is 57.7 Å². The van der Waals surface area contributed by atoms with Gasteiger partial charge in [0, 0.05) is 5.48 Å². The first-order chi connectivity index (χ1) is 13.5. The van der Waals surface area contributed by atoms with E-state index in [2.05, 4.69) is 0 Å². The minimum atomic E-state index is -1.61. The Hall–Kier alpha value is -1.77. The van der Waals surface area contributed by atoms with Gasteiger partial charge in [0.1, 0.15) is 0 Å². The Kier molecular flexibility index (Phi) is 4.34. The lowest BCUT2D eigenvalue weighted by molar-refractivity contribution is 0.304. The van der Waals surface area contributed by atoms with Crippen LogP contribution in [0.5, 0.6) is 0 Å². The van der Waals surface area contributed by atoms with E-state index >= 15 is 0 Å². The summed E-state index contributed by atoms with van der Waals surface area (Å²) in [5.74, 6) is -4.93. The van der Waals surface area contributed by atoms with E-state index in [4.69, 9.17) is 5.48 Å². The predicted molar refractivity (Wildman–Crippen MR) is 96.0 cm³/mol. The van der Waals surface area contributed by atoms with Gasteiger partial charge in [-0.25, -0.2) is 13.2 Å². The molecular weight excluding hydrogens is 321 g/mol. The number of unbranched alkanes of at least 4 members (excludes halogenated alkanes) is 1. The zero-order valence-electron chi connectivity index (χ0n) is 18.3. The second kappa shape index (κ2) is 8.07.